The highest BCUT2D eigenvalue weighted by atomic mass is 15.2. The minimum Gasteiger partial charge on any atom is -0.354 e. The second-order valence-corrected chi connectivity index (χ2v) is 4.47. The minimum atomic E-state index is 0.979. The Hall–Kier alpha value is -1.03. The van der Waals surface area contributed by atoms with Gasteiger partial charge in [-0.15, -0.1) is 0 Å². The number of hydrogen-bond donors (Lipinski definition) is 1. The van der Waals surface area contributed by atoms with E-state index in [2.05, 4.69) is 32.9 Å². The van der Waals surface area contributed by atoms with Crippen molar-refractivity contribution in [2.75, 3.05) is 31.5 Å². The first-order valence-electron chi connectivity index (χ1n) is 6.29. The van der Waals surface area contributed by atoms with Crippen molar-refractivity contribution in [3.63, 3.8) is 0 Å². The van der Waals surface area contributed by atoms with E-state index in [1.165, 1.54) is 25.9 Å². The van der Waals surface area contributed by atoms with Gasteiger partial charge >= 0.3 is 0 Å². The number of hydrogen-bond acceptors (Lipinski definition) is 3. The summed E-state index contributed by atoms with van der Waals surface area (Å²) in [6, 6.07) is 0. The molecule has 2 rings (SSSR count). The Morgan fingerprint density at radius 2 is 2.12 bits per heavy atom. The lowest BCUT2D eigenvalue weighted by molar-refractivity contribution is 0.352. The van der Waals surface area contributed by atoms with Gasteiger partial charge in [-0.25, -0.2) is 4.98 Å². The van der Waals surface area contributed by atoms with Crippen LogP contribution in [-0.4, -0.2) is 40.6 Å². The third-order valence-corrected chi connectivity index (χ3v) is 3.15. The summed E-state index contributed by atoms with van der Waals surface area (Å²) in [5.74, 6) is 1.01. The molecule has 1 aromatic rings. The highest BCUT2D eigenvalue weighted by molar-refractivity contribution is 5.28. The van der Waals surface area contributed by atoms with E-state index in [4.69, 9.17) is 0 Å². The third kappa shape index (κ3) is 2.76. The quantitative estimate of drug-likeness (QED) is 0.823. The molecule has 16 heavy (non-hydrogen) atoms. The predicted octanol–water partition coefficient (Wildman–Crippen LogP) is 1.72. The lowest BCUT2D eigenvalue weighted by Crippen LogP contribution is -2.26. The van der Waals surface area contributed by atoms with E-state index >= 15 is 0 Å². The van der Waals surface area contributed by atoms with Crippen LogP contribution in [0, 0.1) is 6.92 Å². The van der Waals surface area contributed by atoms with Crippen LogP contribution >= 0.6 is 0 Å². The zero-order valence-corrected chi connectivity index (χ0v) is 10.4. The van der Waals surface area contributed by atoms with Crippen LogP contribution < -0.4 is 5.32 Å². The first kappa shape index (κ1) is 11.5. The summed E-state index contributed by atoms with van der Waals surface area (Å²) in [6.07, 6.45) is 4.82. The fourth-order valence-electron chi connectivity index (χ4n) is 2.26. The molecule has 0 radical (unpaired) electrons. The van der Waals surface area contributed by atoms with Gasteiger partial charge in [-0.05, 0) is 39.8 Å². The van der Waals surface area contributed by atoms with Crippen LogP contribution in [0.4, 0.5) is 5.95 Å². The van der Waals surface area contributed by atoms with Crippen LogP contribution in [0.5, 0.6) is 0 Å². The predicted molar refractivity (Wildman–Crippen MR) is 66.8 cm³/mol. The van der Waals surface area contributed by atoms with Crippen LogP contribution in [0.1, 0.15) is 25.5 Å². The maximum atomic E-state index is 4.48. The van der Waals surface area contributed by atoms with Crippen LogP contribution in [-0.2, 0) is 6.54 Å². The van der Waals surface area contributed by atoms with Gasteiger partial charge in [0.25, 0.3) is 0 Å². The molecule has 0 bridgehead atoms. The monoisotopic (exact) mass is 222 g/mol. The van der Waals surface area contributed by atoms with Crippen molar-refractivity contribution in [1.29, 1.82) is 0 Å². The molecule has 1 saturated heterocycles. The van der Waals surface area contributed by atoms with Gasteiger partial charge < -0.3 is 14.8 Å². The SMILES string of the molecule is CCn1cc(C)nc1NCCN1CCCC1. The van der Waals surface area contributed by atoms with Crippen LogP contribution in [0.15, 0.2) is 6.20 Å². The molecule has 1 aromatic heterocycles. The lowest BCUT2D eigenvalue weighted by atomic mass is 10.4. The molecule has 0 spiro atoms. The van der Waals surface area contributed by atoms with E-state index in [1.807, 2.05) is 6.92 Å². The third-order valence-electron chi connectivity index (χ3n) is 3.15. The number of anilines is 1. The molecule has 1 aliphatic rings. The molecule has 4 heteroatoms. The molecule has 1 N–H and O–H groups in total. The Kier molecular flexibility index (Phi) is 3.83. The standard InChI is InChI=1S/C12H22N4/c1-3-16-10-11(2)14-12(16)13-6-9-15-7-4-5-8-15/h10H,3-9H2,1-2H3,(H,13,14). The zero-order valence-electron chi connectivity index (χ0n) is 10.4. The number of nitrogens with zero attached hydrogens (tertiary/aromatic N) is 3. The number of aromatic nitrogens is 2. The smallest absolute Gasteiger partial charge is 0.203 e. The molecule has 0 amide bonds. The topological polar surface area (TPSA) is 33.1 Å². The van der Waals surface area contributed by atoms with Crippen molar-refractivity contribution in [2.45, 2.75) is 33.2 Å². The summed E-state index contributed by atoms with van der Waals surface area (Å²) in [5, 5.41) is 3.42. The fourth-order valence-corrected chi connectivity index (χ4v) is 2.26. The molecule has 90 valence electrons. The second-order valence-electron chi connectivity index (χ2n) is 4.47. The Labute approximate surface area is 97.7 Å². The summed E-state index contributed by atoms with van der Waals surface area (Å²) in [5.41, 5.74) is 1.09. The molecule has 0 saturated carbocycles. The van der Waals surface area contributed by atoms with E-state index in [0.717, 1.165) is 31.3 Å². The first-order chi connectivity index (χ1) is 7.79. The highest BCUT2D eigenvalue weighted by Gasteiger charge is 2.11. The summed E-state index contributed by atoms with van der Waals surface area (Å²) in [7, 11) is 0. The van der Waals surface area contributed by atoms with E-state index < -0.39 is 0 Å². The Morgan fingerprint density at radius 3 is 2.81 bits per heavy atom. The van der Waals surface area contributed by atoms with Crippen LogP contribution in [0.2, 0.25) is 0 Å². The number of imidazole rings is 1. The second kappa shape index (κ2) is 5.34. The van der Waals surface area contributed by atoms with Gasteiger partial charge in [-0.3, -0.25) is 0 Å². The molecule has 1 fully saturated rings. The van der Waals surface area contributed by atoms with Crippen molar-refractivity contribution < 1.29 is 0 Å². The molecule has 4 nitrogen and oxygen atoms in total. The van der Waals surface area contributed by atoms with E-state index in [0.29, 0.717) is 0 Å². The van der Waals surface area contributed by atoms with Gasteiger partial charge in [0.1, 0.15) is 0 Å². The molecule has 0 unspecified atom stereocenters. The molecular weight excluding hydrogens is 200 g/mol. The summed E-state index contributed by atoms with van der Waals surface area (Å²) < 4.78 is 2.17. The number of rotatable bonds is 5. The van der Waals surface area contributed by atoms with Crippen molar-refractivity contribution in [1.82, 2.24) is 14.5 Å². The summed E-state index contributed by atoms with van der Waals surface area (Å²) in [6.45, 7) is 9.83. The lowest BCUT2D eigenvalue weighted by Gasteiger charge is -2.15. The van der Waals surface area contributed by atoms with E-state index in [1.54, 1.807) is 0 Å². The van der Waals surface area contributed by atoms with E-state index in [9.17, 15) is 0 Å². The van der Waals surface area contributed by atoms with Crippen molar-refractivity contribution in [3.05, 3.63) is 11.9 Å². The normalized spacial score (nSPS) is 16.9. The van der Waals surface area contributed by atoms with Crippen LogP contribution in [0.3, 0.4) is 0 Å². The molecule has 0 aliphatic carbocycles. The van der Waals surface area contributed by atoms with Gasteiger partial charge in [-0.2, -0.15) is 0 Å². The largest absolute Gasteiger partial charge is 0.354 e. The van der Waals surface area contributed by atoms with Gasteiger partial charge in [0.2, 0.25) is 5.95 Å². The van der Waals surface area contributed by atoms with Crippen LogP contribution in [0.25, 0.3) is 0 Å². The minimum absolute atomic E-state index is 0.979. The Balaban J connectivity index is 1.79. The maximum absolute atomic E-state index is 4.48. The number of nitrogens with one attached hydrogen (secondary N) is 1. The van der Waals surface area contributed by atoms with Gasteiger partial charge in [0, 0.05) is 25.8 Å². The van der Waals surface area contributed by atoms with E-state index in [-0.39, 0.29) is 0 Å². The molecular formula is C12H22N4. The number of likely N-dealkylation sites (tertiary alicyclic amines) is 1. The first-order valence-corrected chi connectivity index (χ1v) is 6.29. The van der Waals surface area contributed by atoms with Crippen molar-refractivity contribution in [3.8, 4) is 0 Å². The fraction of sp³-hybridized carbons (Fsp3) is 0.750. The molecule has 1 aliphatic heterocycles. The summed E-state index contributed by atoms with van der Waals surface area (Å²) in [4.78, 5) is 6.99. The Morgan fingerprint density at radius 1 is 1.38 bits per heavy atom. The average molecular weight is 222 g/mol. The maximum Gasteiger partial charge on any atom is 0.203 e. The van der Waals surface area contributed by atoms with Gasteiger partial charge in [-0.1, -0.05) is 0 Å². The van der Waals surface area contributed by atoms with Gasteiger partial charge in [0.15, 0.2) is 0 Å². The highest BCUT2D eigenvalue weighted by Crippen LogP contribution is 2.09. The molecule has 0 atom stereocenters. The Bertz CT molecular complexity index is 326. The van der Waals surface area contributed by atoms with Gasteiger partial charge in [0.05, 0.1) is 5.69 Å². The number of aryl methyl sites for hydroxylation is 2. The van der Waals surface area contributed by atoms with Crippen molar-refractivity contribution in [2.24, 2.45) is 0 Å². The summed E-state index contributed by atoms with van der Waals surface area (Å²) >= 11 is 0. The molecule has 2 heterocycles. The molecule has 0 aromatic carbocycles. The van der Waals surface area contributed by atoms with Crippen molar-refractivity contribution >= 4 is 5.95 Å². The zero-order chi connectivity index (χ0) is 11.4. The average Bonchev–Trinajstić information content (AvgIpc) is 2.88.